The Hall–Kier alpha value is -0.370. The molecule has 4 aliphatic rings. The smallest absolute Gasteiger partial charge is 0.129 e. The molecule has 9 atom stereocenters. The molecule has 0 radical (unpaired) electrons. The Morgan fingerprint density at radius 1 is 1.11 bits per heavy atom. The van der Waals surface area contributed by atoms with Gasteiger partial charge >= 0.3 is 0 Å². The first-order valence-corrected chi connectivity index (χ1v) is 11.8. The molecule has 4 fully saturated rings. The molecule has 0 aromatic rings. The van der Waals surface area contributed by atoms with Crippen LogP contribution < -0.4 is 0 Å². The Kier molecular flexibility index (Phi) is 4.94. The van der Waals surface area contributed by atoms with Gasteiger partial charge in [0, 0.05) is 6.42 Å². The Morgan fingerprint density at radius 3 is 2.59 bits per heavy atom. The maximum Gasteiger partial charge on any atom is 0.129 e. The number of carbonyl (C=O) groups is 1. The molecule has 4 aliphatic carbocycles. The fraction of sp³-hybridized carbons (Fsp3) is 0.960. The molecule has 0 bridgehead atoms. The Balaban J connectivity index is 1.61. The van der Waals surface area contributed by atoms with E-state index in [0.29, 0.717) is 53.6 Å². The zero-order valence-electron chi connectivity index (χ0n) is 19.1. The van der Waals surface area contributed by atoms with Crippen LogP contribution in [0, 0.1) is 46.3 Å². The lowest BCUT2D eigenvalue weighted by Gasteiger charge is -2.62. The summed E-state index contributed by atoms with van der Waals surface area (Å²) in [6.45, 7) is 9.04. The third-order valence-corrected chi connectivity index (χ3v) is 10.1. The second-order valence-electron chi connectivity index (χ2n) is 11.3. The quantitative estimate of drug-likeness (QED) is 0.653. The summed E-state index contributed by atoms with van der Waals surface area (Å²) in [6.07, 6.45) is 11.1. The number of fused-ring (bicyclic) bond motifs is 5. The largest absolute Gasteiger partial charge is 0.393 e. The van der Waals surface area contributed by atoms with Crippen LogP contribution in [0.2, 0.25) is 0 Å². The molecule has 4 rings (SSSR count). The van der Waals surface area contributed by atoms with Crippen LogP contribution in [0.3, 0.4) is 0 Å². The topological polar surface area (TPSA) is 37.3 Å². The zero-order chi connectivity index (χ0) is 20.3. The van der Waals surface area contributed by atoms with E-state index in [9.17, 15) is 9.90 Å². The molecule has 0 amide bonds. The maximum absolute atomic E-state index is 11.5. The summed E-state index contributed by atoms with van der Waals surface area (Å²) in [5.41, 5.74) is 0.583. The van der Waals surface area contributed by atoms with Crippen LogP contribution in [0.15, 0.2) is 0 Å². The molecule has 2 nitrogen and oxygen atoms in total. The van der Waals surface area contributed by atoms with Crippen molar-refractivity contribution < 1.29 is 11.3 Å². The predicted octanol–water partition coefficient (Wildman–Crippen LogP) is 6.01. The van der Waals surface area contributed by atoms with E-state index in [1.165, 1.54) is 51.4 Å². The summed E-state index contributed by atoms with van der Waals surface area (Å²) in [5.74, 6) is 3.22. The maximum atomic E-state index is 11.5. The summed E-state index contributed by atoms with van der Waals surface area (Å²) in [4.78, 5) is 11.5. The minimum atomic E-state index is -1.24. The Bertz CT molecular complexity index is 616. The fourth-order valence-electron chi connectivity index (χ4n) is 8.59. The van der Waals surface area contributed by atoms with Gasteiger partial charge in [-0.1, -0.05) is 33.6 Å². The number of ketones is 1. The molecular weight excluding hydrogens is 332 g/mol. The van der Waals surface area contributed by atoms with E-state index < -0.39 is 6.08 Å². The summed E-state index contributed by atoms with van der Waals surface area (Å²) < 4.78 is 9.02. The lowest BCUT2D eigenvalue weighted by molar-refractivity contribution is -0.164. The minimum Gasteiger partial charge on any atom is -0.393 e. The van der Waals surface area contributed by atoms with E-state index in [0.717, 1.165) is 6.42 Å². The van der Waals surface area contributed by atoms with Gasteiger partial charge < -0.3 is 9.90 Å². The van der Waals surface area contributed by atoms with Crippen LogP contribution in [-0.2, 0) is 4.79 Å². The Labute approximate surface area is 168 Å². The van der Waals surface area contributed by atoms with Crippen LogP contribution >= 0.6 is 0 Å². The molecule has 3 unspecified atom stereocenters. The van der Waals surface area contributed by atoms with Gasteiger partial charge in [0.15, 0.2) is 0 Å². The highest BCUT2D eigenvalue weighted by Gasteiger charge is 2.62. The van der Waals surface area contributed by atoms with Crippen molar-refractivity contribution in [1.29, 1.82) is 0 Å². The van der Waals surface area contributed by atoms with Crippen molar-refractivity contribution >= 4 is 5.78 Å². The van der Waals surface area contributed by atoms with Gasteiger partial charge in [-0.05, 0) is 105 Å². The van der Waals surface area contributed by atoms with Crippen LogP contribution in [0.5, 0.6) is 0 Å². The highest BCUT2D eigenvalue weighted by Crippen LogP contribution is 2.68. The number of hydrogen-bond donors (Lipinski definition) is 1. The molecule has 4 saturated carbocycles. The molecule has 0 spiro atoms. The Morgan fingerprint density at radius 2 is 1.85 bits per heavy atom. The van der Waals surface area contributed by atoms with Gasteiger partial charge in [0.05, 0.1) is 7.45 Å². The van der Waals surface area contributed by atoms with E-state index >= 15 is 0 Å². The van der Waals surface area contributed by atoms with E-state index in [1.54, 1.807) is 6.92 Å². The first-order chi connectivity index (χ1) is 13.1. The summed E-state index contributed by atoms with van der Waals surface area (Å²) in [7, 11) is 0. The SMILES string of the molecule is [2H][C@@]1(O)C[C@@H]2CCCC[C@]2(C)C2CC[C@@]3(C)C(CC[C@@H]3C(C)CCC(C)=O)[C@@H]21. The summed E-state index contributed by atoms with van der Waals surface area (Å²) in [6, 6.07) is 0. The molecule has 0 aromatic carbocycles. The third-order valence-electron chi connectivity index (χ3n) is 10.1. The van der Waals surface area contributed by atoms with Crippen molar-refractivity contribution in [2.45, 2.75) is 104 Å². The molecule has 0 saturated heterocycles. The monoisotopic (exact) mass is 375 g/mol. The lowest BCUT2D eigenvalue weighted by Crippen LogP contribution is -2.57. The van der Waals surface area contributed by atoms with Crippen LogP contribution in [-0.4, -0.2) is 17.0 Å². The second-order valence-corrected chi connectivity index (χ2v) is 11.3. The zero-order valence-corrected chi connectivity index (χ0v) is 18.1. The summed E-state index contributed by atoms with van der Waals surface area (Å²) in [5, 5.41) is 11.4. The number of hydrogen-bond acceptors (Lipinski definition) is 2. The third kappa shape index (κ3) is 3.13. The standard InChI is InChI=1S/C25H42O2/c1-16(8-9-17(2)26)19-10-11-20-23-21(12-14-25(19,20)4)24(3)13-6-5-7-18(24)15-22(23)27/h16,18-23,27H,5-15H2,1-4H3/t16?,18-,19+,20?,21?,22+,23-,24-,25+/m0/s1/i22D. The molecule has 0 aliphatic heterocycles. The highest BCUT2D eigenvalue weighted by atomic mass is 16.3. The van der Waals surface area contributed by atoms with E-state index in [4.69, 9.17) is 1.37 Å². The van der Waals surface area contributed by atoms with E-state index in [1.807, 2.05) is 0 Å². The van der Waals surface area contributed by atoms with Gasteiger partial charge in [0.1, 0.15) is 5.78 Å². The molecule has 0 aromatic heterocycles. The molecule has 2 heteroatoms. The van der Waals surface area contributed by atoms with Crippen molar-refractivity contribution in [2.24, 2.45) is 46.3 Å². The van der Waals surface area contributed by atoms with E-state index in [2.05, 4.69) is 20.8 Å². The van der Waals surface area contributed by atoms with Gasteiger partial charge in [0.25, 0.3) is 0 Å². The fourth-order valence-corrected chi connectivity index (χ4v) is 8.59. The molecular formula is C25H42O2. The minimum absolute atomic E-state index is 0.149. The van der Waals surface area contributed by atoms with Crippen molar-refractivity contribution in [2.75, 3.05) is 0 Å². The number of Topliss-reactive ketones (excluding diaryl/α,β-unsaturated/α-hetero) is 1. The van der Waals surface area contributed by atoms with Gasteiger partial charge in [0.2, 0.25) is 0 Å². The average Bonchev–Trinajstić information content (AvgIpc) is 2.97. The van der Waals surface area contributed by atoms with Gasteiger partial charge in [-0.15, -0.1) is 0 Å². The van der Waals surface area contributed by atoms with Gasteiger partial charge in [-0.3, -0.25) is 0 Å². The van der Waals surface area contributed by atoms with Gasteiger partial charge in [-0.25, -0.2) is 0 Å². The normalized spacial score (nSPS) is 53.7. The van der Waals surface area contributed by atoms with Crippen molar-refractivity contribution in [1.82, 2.24) is 0 Å². The van der Waals surface area contributed by atoms with Crippen LogP contribution in [0.4, 0.5) is 0 Å². The first-order valence-electron chi connectivity index (χ1n) is 12.3. The van der Waals surface area contributed by atoms with Crippen LogP contribution in [0.1, 0.15) is 99.7 Å². The van der Waals surface area contributed by atoms with Gasteiger partial charge in [-0.2, -0.15) is 0 Å². The lowest BCUT2D eigenvalue weighted by atomic mass is 9.44. The molecule has 27 heavy (non-hydrogen) atoms. The van der Waals surface area contributed by atoms with Crippen LogP contribution in [0.25, 0.3) is 0 Å². The molecule has 1 N–H and O–H groups in total. The number of aliphatic hydroxyl groups is 1. The second kappa shape index (κ2) is 7.15. The number of carbonyl (C=O) groups excluding carboxylic acids is 1. The molecule has 154 valence electrons. The average molecular weight is 376 g/mol. The summed E-state index contributed by atoms with van der Waals surface area (Å²) >= 11 is 0. The van der Waals surface area contributed by atoms with Crippen molar-refractivity contribution in [3.63, 3.8) is 0 Å². The molecule has 0 heterocycles. The van der Waals surface area contributed by atoms with E-state index in [-0.39, 0.29) is 11.3 Å². The number of rotatable bonds is 4. The van der Waals surface area contributed by atoms with Crippen molar-refractivity contribution in [3.05, 3.63) is 0 Å². The highest BCUT2D eigenvalue weighted by molar-refractivity contribution is 5.75. The van der Waals surface area contributed by atoms with Crippen molar-refractivity contribution in [3.8, 4) is 0 Å². The first kappa shape index (κ1) is 18.6. The predicted molar refractivity (Wildman–Crippen MR) is 110 cm³/mol.